The van der Waals surface area contributed by atoms with Gasteiger partial charge in [0, 0.05) is 24.5 Å². The van der Waals surface area contributed by atoms with E-state index in [9.17, 15) is 9.59 Å². The molecule has 0 radical (unpaired) electrons. The molecule has 128 valence electrons. The Morgan fingerprint density at radius 1 is 1.25 bits per heavy atom. The van der Waals surface area contributed by atoms with Crippen LogP contribution in [0.4, 0.5) is 4.79 Å². The number of nitrogens with one attached hydrogen (secondary N) is 3. The number of carbonyl (C=O) groups is 2. The molecule has 0 bridgehead atoms. The molecule has 3 amide bonds. The molecule has 0 aliphatic heterocycles. The Morgan fingerprint density at radius 2 is 2.08 bits per heavy atom. The number of carbonyl (C=O) groups excluding carboxylic acids is 2. The highest BCUT2D eigenvalue weighted by Gasteiger charge is 2.05. The number of urea groups is 1. The van der Waals surface area contributed by atoms with Crippen LogP contribution in [0, 0.1) is 0 Å². The fourth-order valence-electron chi connectivity index (χ4n) is 2.16. The average molecular weight is 346 g/mol. The SMILES string of the molecule is CCc1nc(CNC(=O)NCCc2cccc(C(=O)NC)c2)cs1. The zero-order chi connectivity index (χ0) is 17.4. The third kappa shape index (κ3) is 5.34. The van der Waals surface area contributed by atoms with Crippen molar-refractivity contribution in [3.05, 3.63) is 51.5 Å². The summed E-state index contributed by atoms with van der Waals surface area (Å²) in [6.07, 6.45) is 1.57. The third-order valence-electron chi connectivity index (χ3n) is 3.45. The molecule has 6 nitrogen and oxygen atoms in total. The van der Waals surface area contributed by atoms with E-state index in [0.717, 1.165) is 22.7 Å². The highest BCUT2D eigenvalue weighted by atomic mass is 32.1. The van der Waals surface area contributed by atoms with Gasteiger partial charge in [-0.15, -0.1) is 11.3 Å². The van der Waals surface area contributed by atoms with Crippen molar-refractivity contribution in [2.75, 3.05) is 13.6 Å². The first kappa shape index (κ1) is 17.9. The lowest BCUT2D eigenvalue weighted by atomic mass is 10.1. The second-order valence-corrected chi connectivity index (χ2v) is 6.17. The molecule has 0 saturated carbocycles. The number of hydrogen-bond acceptors (Lipinski definition) is 4. The quantitative estimate of drug-likeness (QED) is 0.718. The maximum Gasteiger partial charge on any atom is 0.315 e. The Balaban J connectivity index is 1.73. The normalized spacial score (nSPS) is 10.2. The molecule has 0 aliphatic carbocycles. The lowest BCUT2D eigenvalue weighted by Gasteiger charge is -2.07. The second-order valence-electron chi connectivity index (χ2n) is 5.23. The molecular weight excluding hydrogens is 324 g/mol. The van der Waals surface area contributed by atoms with Gasteiger partial charge in [0.15, 0.2) is 0 Å². The standard InChI is InChI=1S/C17H22N4O2S/c1-3-15-21-14(11-24-15)10-20-17(23)19-8-7-12-5-4-6-13(9-12)16(22)18-2/h4-6,9,11H,3,7-8,10H2,1-2H3,(H,18,22)(H2,19,20,23). The van der Waals surface area contributed by atoms with Crippen molar-refractivity contribution in [1.82, 2.24) is 20.9 Å². The highest BCUT2D eigenvalue weighted by Crippen LogP contribution is 2.09. The molecule has 2 aromatic rings. The summed E-state index contributed by atoms with van der Waals surface area (Å²) >= 11 is 1.61. The number of hydrogen-bond donors (Lipinski definition) is 3. The van der Waals surface area contributed by atoms with Crippen molar-refractivity contribution >= 4 is 23.3 Å². The van der Waals surface area contributed by atoms with Crippen LogP contribution in [0.3, 0.4) is 0 Å². The highest BCUT2D eigenvalue weighted by molar-refractivity contribution is 7.09. The summed E-state index contributed by atoms with van der Waals surface area (Å²) in [4.78, 5) is 27.8. The summed E-state index contributed by atoms with van der Waals surface area (Å²) in [7, 11) is 1.60. The van der Waals surface area contributed by atoms with Crippen LogP contribution < -0.4 is 16.0 Å². The molecule has 0 saturated heterocycles. The molecule has 0 atom stereocenters. The Labute approximate surface area is 145 Å². The summed E-state index contributed by atoms with van der Waals surface area (Å²) in [5, 5.41) is 11.2. The Morgan fingerprint density at radius 3 is 2.79 bits per heavy atom. The first-order valence-corrected chi connectivity index (χ1v) is 8.76. The number of benzene rings is 1. The minimum absolute atomic E-state index is 0.114. The molecule has 0 aliphatic rings. The molecule has 0 spiro atoms. The van der Waals surface area contributed by atoms with Crippen molar-refractivity contribution in [1.29, 1.82) is 0 Å². The second kappa shape index (κ2) is 9.02. The average Bonchev–Trinajstić information content (AvgIpc) is 3.07. The topological polar surface area (TPSA) is 83.1 Å². The molecule has 7 heteroatoms. The predicted molar refractivity (Wildman–Crippen MR) is 95.3 cm³/mol. The van der Waals surface area contributed by atoms with Crippen molar-refractivity contribution in [3.8, 4) is 0 Å². The van der Waals surface area contributed by atoms with Gasteiger partial charge in [0.25, 0.3) is 5.91 Å². The van der Waals surface area contributed by atoms with E-state index in [1.54, 1.807) is 24.5 Å². The van der Waals surface area contributed by atoms with Crippen LogP contribution >= 0.6 is 11.3 Å². The number of nitrogens with zero attached hydrogens (tertiary/aromatic N) is 1. The lowest BCUT2D eigenvalue weighted by Crippen LogP contribution is -2.36. The zero-order valence-electron chi connectivity index (χ0n) is 13.9. The molecule has 1 aromatic carbocycles. The summed E-state index contributed by atoms with van der Waals surface area (Å²) in [6, 6.07) is 7.16. The van der Waals surface area contributed by atoms with Gasteiger partial charge in [0.1, 0.15) is 0 Å². The summed E-state index contributed by atoms with van der Waals surface area (Å²) in [5.41, 5.74) is 2.50. The number of rotatable bonds is 7. The van der Waals surface area contributed by atoms with Crippen molar-refractivity contribution in [2.24, 2.45) is 0 Å². The molecule has 3 N–H and O–H groups in total. The summed E-state index contributed by atoms with van der Waals surface area (Å²) in [6.45, 7) is 2.98. The van der Waals surface area contributed by atoms with E-state index in [-0.39, 0.29) is 11.9 Å². The van der Waals surface area contributed by atoms with Crippen LogP contribution in [0.15, 0.2) is 29.6 Å². The zero-order valence-corrected chi connectivity index (χ0v) is 14.7. The number of thiazole rings is 1. The Kier molecular flexibility index (Phi) is 6.74. The summed E-state index contributed by atoms with van der Waals surface area (Å²) in [5.74, 6) is -0.114. The van der Waals surface area contributed by atoms with Gasteiger partial charge in [-0.1, -0.05) is 19.1 Å². The van der Waals surface area contributed by atoms with Gasteiger partial charge in [-0.2, -0.15) is 0 Å². The molecule has 0 fully saturated rings. The third-order valence-corrected chi connectivity index (χ3v) is 4.49. The van der Waals surface area contributed by atoms with Crippen molar-refractivity contribution in [3.63, 3.8) is 0 Å². The van der Waals surface area contributed by atoms with Gasteiger partial charge in [-0.3, -0.25) is 4.79 Å². The minimum atomic E-state index is -0.219. The Bertz CT molecular complexity index is 699. The van der Waals surface area contributed by atoms with E-state index >= 15 is 0 Å². The van der Waals surface area contributed by atoms with Gasteiger partial charge < -0.3 is 16.0 Å². The first-order valence-electron chi connectivity index (χ1n) is 7.88. The van der Waals surface area contributed by atoms with Crippen LogP contribution in [-0.4, -0.2) is 30.5 Å². The van der Waals surface area contributed by atoms with Crippen molar-refractivity contribution in [2.45, 2.75) is 26.3 Å². The van der Waals surface area contributed by atoms with Gasteiger partial charge >= 0.3 is 6.03 Å². The summed E-state index contributed by atoms with van der Waals surface area (Å²) < 4.78 is 0. The molecular formula is C17H22N4O2S. The van der Waals surface area contributed by atoms with E-state index in [2.05, 4.69) is 27.9 Å². The smallest absolute Gasteiger partial charge is 0.315 e. The van der Waals surface area contributed by atoms with Gasteiger partial charge in [0.05, 0.1) is 17.2 Å². The van der Waals surface area contributed by atoms with Crippen LogP contribution in [0.1, 0.15) is 33.5 Å². The van der Waals surface area contributed by atoms with E-state index in [0.29, 0.717) is 25.1 Å². The number of amides is 3. The number of aromatic nitrogens is 1. The van der Waals surface area contributed by atoms with Crippen LogP contribution in [0.25, 0.3) is 0 Å². The van der Waals surface area contributed by atoms with E-state index in [4.69, 9.17) is 0 Å². The fourth-order valence-corrected chi connectivity index (χ4v) is 2.90. The molecule has 2 rings (SSSR count). The molecule has 1 heterocycles. The van der Waals surface area contributed by atoms with Crippen molar-refractivity contribution < 1.29 is 9.59 Å². The van der Waals surface area contributed by atoms with Crippen LogP contribution in [-0.2, 0) is 19.4 Å². The first-order chi connectivity index (χ1) is 11.6. The molecule has 24 heavy (non-hydrogen) atoms. The monoisotopic (exact) mass is 346 g/mol. The van der Waals surface area contributed by atoms with Crippen LogP contribution in [0.2, 0.25) is 0 Å². The van der Waals surface area contributed by atoms with Gasteiger partial charge in [-0.05, 0) is 30.5 Å². The fraction of sp³-hybridized carbons (Fsp3) is 0.353. The number of aryl methyl sites for hydroxylation is 1. The maximum atomic E-state index is 11.8. The van der Waals surface area contributed by atoms with Gasteiger partial charge in [-0.25, -0.2) is 9.78 Å². The van der Waals surface area contributed by atoms with Gasteiger partial charge in [0.2, 0.25) is 0 Å². The molecule has 1 aromatic heterocycles. The Hall–Kier alpha value is -2.41. The predicted octanol–water partition coefficient (Wildman–Crippen LogP) is 2.11. The van der Waals surface area contributed by atoms with E-state index in [1.165, 1.54) is 0 Å². The molecule has 0 unspecified atom stereocenters. The largest absolute Gasteiger partial charge is 0.355 e. The maximum absolute atomic E-state index is 11.8. The lowest BCUT2D eigenvalue weighted by molar-refractivity contribution is 0.0963. The minimum Gasteiger partial charge on any atom is -0.355 e. The van der Waals surface area contributed by atoms with E-state index < -0.39 is 0 Å². The van der Waals surface area contributed by atoms with Crippen LogP contribution in [0.5, 0.6) is 0 Å². The van der Waals surface area contributed by atoms with E-state index in [1.807, 2.05) is 23.6 Å².